The molecule has 0 aliphatic heterocycles. The predicted molar refractivity (Wildman–Crippen MR) is 45.5 cm³/mol. The van der Waals surface area contributed by atoms with Crippen LogP contribution in [0.5, 0.6) is 5.75 Å². The van der Waals surface area contributed by atoms with Gasteiger partial charge in [0.2, 0.25) is 0 Å². The van der Waals surface area contributed by atoms with Crippen LogP contribution in [0, 0.1) is 5.82 Å². The summed E-state index contributed by atoms with van der Waals surface area (Å²) < 4.78 is 13.1. The summed E-state index contributed by atoms with van der Waals surface area (Å²) in [5.74, 6) is -0.205. The summed E-state index contributed by atoms with van der Waals surface area (Å²) in [4.78, 5) is 0. The molecule has 0 bridgehead atoms. The third-order valence-corrected chi connectivity index (χ3v) is 1.88. The van der Waals surface area contributed by atoms with E-state index in [1.54, 1.807) is 7.05 Å². The standard InChI is InChI=1S/C9H12FNO/c1-6(11-2)8-5-7(12)3-4-9(8)10/h3-6,11-12H,1-2H3. The Kier molecular flexibility index (Phi) is 2.65. The first kappa shape index (κ1) is 9.00. The number of hydrogen-bond acceptors (Lipinski definition) is 2. The minimum absolute atomic E-state index is 0.0860. The first-order valence-corrected chi connectivity index (χ1v) is 3.81. The molecule has 0 heterocycles. The highest BCUT2D eigenvalue weighted by molar-refractivity contribution is 5.30. The highest BCUT2D eigenvalue weighted by Gasteiger charge is 2.08. The van der Waals surface area contributed by atoms with E-state index in [2.05, 4.69) is 5.32 Å². The van der Waals surface area contributed by atoms with Crippen LogP contribution in [0.25, 0.3) is 0 Å². The molecule has 0 radical (unpaired) electrons. The Balaban J connectivity index is 3.04. The molecule has 1 aromatic rings. The second-order valence-corrected chi connectivity index (χ2v) is 2.72. The minimum atomic E-state index is -0.297. The maximum Gasteiger partial charge on any atom is 0.128 e. The number of benzene rings is 1. The van der Waals surface area contributed by atoms with Crippen molar-refractivity contribution in [3.05, 3.63) is 29.6 Å². The van der Waals surface area contributed by atoms with Gasteiger partial charge in [0.1, 0.15) is 11.6 Å². The fourth-order valence-corrected chi connectivity index (χ4v) is 1.02. The van der Waals surface area contributed by atoms with Gasteiger partial charge in [0.25, 0.3) is 0 Å². The van der Waals surface area contributed by atoms with Crippen LogP contribution >= 0.6 is 0 Å². The Morgan fingerprint density at radius 2 is 2.17 bits per heavy atom. The van der Waals surface area contributed by atoms with Gasteiger partial charge in [0, 0.05) is 11.6 Å². The monoisotopic (exact) mass is 169 g/mol. The largest absolute Gasteiger partial charge is 0.508 e. The van der Waals surface area contributed by atoms with E-state index in [0.29, 0.717) is 5.56 Å². The topological polar surface area (TPSA) is 32.3 Å². The lowest BCUT2D eigenvalue weighted by Crippen LogP contribution is -2.13. The third kappa shape index (κ3) is 1.74. The van der Waals surface area contributed by atoms with Crippen molar-refractivity contribution in [3.8, 4) is 5.75 Å². The lowest BCUT2D eigenvalue weighted by atomic mass is 10.1. The Bertz CT molecular complexity index is 275. The van der Waals surface area contributed by atoms with Gasteiger partial charge in [-0.25, -0.2) is 4.39 Å². The summed E-state index contributed by atoms with van der Waals surface area (Å²) in [6.07, 6.45) is 0. The molecular weight excluding hydrogens is 157 g/mol. The first-order valence-electron chi connectivity index (χ1n) is 3.81. The normalized spacial score (nSPS) is 12.9. The molecule has 0 spiro atoms. The van der Waals surface area contributed by atoms with E-state index >= 15 is 0 Å². The fourth-order valence-electron chi connectivity index (χ4n) is 1.02. The smallest absolute Gasteiger partial charge is 0.128 e. The average molecular weight is 169 g/mol. The molecule has 0 fully saturated rings. The van der Waals surface area contributed by atoms with Crippen molar-refractivity contribution in [1.29, 1.82) is 0 Å². The summed E-state index contributed by atoms with van der Waals surface area (Å²) >= 11 is 0. The van der Waals surface area contributed by atoms with Crippen molar-refractivity contribution < 1.29 is 9.50 Å². The summed E-state index contributed by atoms with van der Waals surface area (Å²) in [6.45, 7) is 1.83. The lowest BCUT2D eigenvalue weighted by Gasteiger charge is -2.11. The van der Waals surface area contributed by atoms with Gasteiger partial charge in [-0.05, 0) is 32.2 Å². The Hall–Kier alpha value is -1.09. The van der Waals surface area contributed by atoms with Crippen LogP contribution in [0.15, 0.2) is 18.2 Å². The van der Waals surface area contributed by atoms with Crippen LogP contribution < -0.4 is 5.32 Å². The van der Waals surface area contributed by atoms with Crippen molar-refractivity contribution >= 4 is 0 Å². The van der Waals surface area contributed by atoms with Gasteiger partial charge in [-0.1, -0.05) is 0 Å². The minimum Gasteiger partial charge on any atom is -0.508 e. The molecule has 0 saturated carbocycles. The fraction of sp³-hybridized carbons (Fsp3) is 0.333. The van der Waals surface area contributed by atoms with E-state index < -0.39 is 0 Å². The van der Waals surface area contributed by atoms with Gasteiger partial charge >= 0.3 is 0 Å². The number of rotatable bonds is 2. The van der Waals surface area contributed by atoms with Gasteiger partial charge in [-0.2, -0.15) is 0 Å². The zero-order valence-electron chi connectivity index (χ0n) is 7.13. The lowest BCUT2D eigenvalue weighted by molar-refractivity contribution is 0.468. The highest BCUT2D eigenvalue weighted by atomic mass is 19.1. The summed E-state index contributed by atoms with van der Waals surface area (Å²) in [5.41, 5.74) is 0.484. The van der Waals surface area contributed by atoms with E-state index in [4.69, 9.17) is 5.11 Å². The highest BCUT2D eigenvalue weighted by Crippen LogP contribution is 2.20. The molecule has 2 nitrogen and oxygen atoms in total. The molecule has 2 N–H and O–H groups in total. The second kappa shape index (κ2) is 3.54. The van der Waals surface area contributed by atoms with Gasteiger partial charge < -0.3 is 10.4 Å². The summed E-state index contributed by atoms with van der Waals surface area (Å²) in [7, 11) is 1.74. The number of phenols is 1. The van der Waals surface area contributed by atoms with Crippen molar-refractivity contribution in [2.45, 2.75) is 13.0 Å². The maximum absolute atomic E-state index is 13.1. The molecule has 1 unspecified atom stereocenters. The molecule has 66 valence electrons. The predicted octanol–water partition coefficient (Wildman–Crippen LogP) is 1.81. The summed E-state index contributed by atoms with van der Waals surface area (Å²) in [6, 6.07) is 3.94. The average Bonchev–Trinajstić information content (AvgIpc) is 2.08. The number of hydrogen-bond donors (Lipinski definition) is 2. The van der Waals surface area contributed by atoms with Gasteiger partial charge in [0.05, 0.1) is 0 Å². The number of aromatic hydroxyl groups is 1. The van der Waals surface area contributed by atoms with Crippen LogP contribution in [-0.4, -0.2) is 12.2 Å². The quantitative estimate of drug-likeness (QED) is 0.707. The van der Waals surface area contributed by atoms with E-state index in [0.717, 1.165) is 0 Å². The van der Waals surface area contributed by atoms with E-state index in [9.17, 15) is 4.39 Å². The van der Waals surface area contributed by atoms with Crippen LogP contribution in [0.4, 0.5) is 4.39 Å². The molecule has 3 heteroatoms. The van der Waals surface area contributed by atoms with Gasteiger partial charge in [-0.3, -0.25) is 0 Å². The molecular formula is C9H12FNO. The molecule has 0 aliphatic carbocycles. The van der Waals surface area contributed by atoms with E-state index in [1.165, 1.54) is 18.2 Å². The van der Waals surface area contributed by atoms with Crippen molar-refractivity contribution in [1.82, 2.24) is 5.32 Å². The molecule has 0 aromatic heterocycles. The SMILES string of the molecule is CNC(C)c1cc(O)ccc1F. The Labute approximate surface area is 71.0 Å². The van der Waals surface area contributed by atoms with E-state index in [1.807, 2.05) is 6.92 Å². The first-order chi connectivity index (χ1) is 5.65. The van der Waals surface area contributed by atoms with Crippen molar-refractivity contribution in [2.75, 3.05) is 7.05 Å². The second-order valence-electron chi connectivity index (χ2n) is 2.72. The van der Waals surface area contributed by atoms with Crippen LogP contribution in [0.3, 0.4) is 0 Å². The Morgan fingerprint density at radius 3 is 2.75 bits per heavy atom. The molecule has 12 heavy (non-hydrogen) atoms. The zero-order valence-corrected chi connectivity index (χ0v) is 7.13. The third-order valence-electron chi connectivity index (χ3n) is 1.88. The number of nitrogens with one attached hydrogen (secondary N) is 1. The van der Waals surface area contributed by atoms with Crippen molar-refractivity contribution in [3.63, 3.8) is 0 Å². The van der Waals surface area contributed by atoms with Crippen LogP contribution in [0.2, 0.25) is 0 Å². The summed E-state index contributed by atoms with van der Waals surface area (Å²) in [5, 5.41) is 12.0. The molecule has 0 amide bonds. The maximum atomic E-state index is 13.1. The molecule has 1 aromatic carbocycles. The van der Waals surface area contributed by atoms with Gasteiger partial charge in [-0.15, -0.1) is 0 Å². The molecule has 1 rings (SSSR count). The molecule has 1 atom stereocenters. The van der Waals surface area contributed by atoms with Gasteiger partial charge in [0.15, 0.2) is 0 Å². The van der Waals surface area contributed by atoms with Crippen LogP contribution in [0.1, 0.15) is 18.5 Å². The number of halogens is 1. The van der Waals surface area contributed by atoms with E-state index in [-0.39, 0.29) is 17.6 Å². The Morgan fingerprint density at radius 1 is 1.50 bits per heavy atom. The zero-order chi connectivity index (χ0) is 9.14. The molecule has 0 aliphatic rings. The number of phenolic OH excluding ortho intramolecular Hbond substituents is 1. The molecule has 0 saturated heterocycles. The van der Waals surface area contributed by atoms with Crippen molar-refractivity contribution in [2.24, 2.45) is 0 Å². The van der Waals surface area contributed by atoms with Crippen LogP contribution in [-0.2, 0) is 0 Å².